The Morgan fingerprint density at radius 3 is 2.43 bits per heavy atom. The highest BCUT2D eigenvalue weighted by molar-refractivity contribution is 7.90. The third-order valence-corrected chi connectivity index (χ3v) is 9.52. The van der Waals surface area contributed by atoms with Gasteiger partial charge >= 0.3 is 0 Å². The van der Waals surface area contributed by atoms with Crippen molar-refractivity contribution >= 4 is 39.1 Å². The lowest BCUT2D eigenvalue weighted by Crippen LogP contribution is -2.54. The molecule has 188 valence electrons. The van der Waals surface area contributed by atoms with Crippen molar-refractivity contribution in [3.05, 3.63) is 82.4 Å². The van der Waals surface area contributed by atoms with E-state index in [-0.39, 0.29) is 41.6 Å². The minimum absolute atomic E-state index is 0.0217. The number of hydrogen-bond donors (Lipinski definition) is 1. The minimum Gasteiger partial charge on any atom is -0.330 e. The third kappa shape index (κ3) is 5.93. The molecule has 1 amide bonds. The van der Waals surface area contributed by atoms with Gasteiger partial charge in [0.2, 0.25) is 15.9 Å². The van der Waals surface area contributed by atoms with Crippen LogP contribution in [0, 0.1) is 5.92 Å². The topological polar surface area (TPSA) is 66.5 Å². The molecule has 1 saturated carbocycles. The van der Waals surface area contributed by atoms with Crippen LogP contribution in [0.15, 0.2) is 61.2 Å². The first-order valence-electron chi connectivity index (χ1n) is 12.2. The fourth-order valence-electron chi connectivity index (χ4n) is 5.14. The number of carbonyl (C=O) groups is 1. The Bertz CT molecular complexity index is 1170. The summed E-state index contributed by atoms with van der Waals surface area (Å²) in [5.41, 5.74) is 2.02. The maximum Gasteiger partial charge on any atom is 0.226 e. The molecule has 0 spiro atoms. The van der Waals surface area contributed by atoms with Crippen molar-refractivity contribution in [3.8, 4) is 0 Å². The Hall–Kier alpha value is -1.86. The average molecular weight is 536 g/mol. The number of likely N-dealkylation sites (tertiary alicyclic amines) is 1. The number of nitrogens with zero attached hydrogens (tertiary/aromatic N) is 1. The molecule has 1 N–H and O–H groups in total. The Morgan fingerprint density at radius 2 is 1.83 bits per heavy atom. The molecule has 1 heterocycles. The molecule has 2 aromatic rings. The second-order valence-corrected chi connectivity index (χ2v) is 12.4. The summed E-state index contributed by atoms with van der Waals surface area (Å²) >= 11 is 12.6. The number of nitrogens with one attached hydrogen (secondary N) is 1. The Kier molecular flexibility index (Phi) is 8.26. The molecular formula is C27H32Cl2N2O3S. The van der Waals surface area contributed by atoms with Crippen molar-refractivity contribution in [2.75, 3.05) is 6.54 Å². The van der Waals surface area contributed by atoms with E-state index in [0.29, 0.717) is 42.1 Å². The fourth-order valence-corrected chi connectivity index (χ4v) is 6.88. The molecule has 0 aromatic heterocycles. The fraction of sp³-hybridized carbons (Fsp3) is 0.444. The van der Waals surface area contributed by atoms with Gasteiger partial charge in [0.25, 0.3) is 0 Å². The van der Waals surface area contributed by atoms with Gasteiger partial charge in [0.1, 0.15) is 0 Å². The summed E-state index contributed by atoms with van der Waals surface area (Å²) in [6.07, 6.45) is 5.01. The normalized spacial score (nSPS) is 23.8. The lowest BCUT2D eigenvalue weighted by molar-refractivity contribution is -0.146. The number of rotatable bonds is 10. The number of carbonyl (C=O) groups excluding carboxylic acids is 1. The summed E-state index contributed by atoms with van der Waals surface area (Å²) in [4.78, 5) is 15.8. The minimum atomic E-state index is -3.37. The standard InChI is InChI=1S/C27H32Cl2N2O3S/c1-3-6-20-16-25(19-7-5-8-22(29)15-19)26(18-9-11-21(28)12-10-18)31(27(20)32)23(4-2)17-30-35(33,34)24-13-14-24/h3,5,7-12,15,20,23-26,30H,1,4,6,13-14,16-17H2,2H3/t20-,23-,25+,26+/m0/s1. The quantitative estimate of drug-likeness (QED) is 0.374. The van der Waals surface area contributed by atoms with Gasteiger partial charge in [-0.3, -0.25) is 4.79 Å². The van der Waals surface area contributed by atoms with E-state index in [2.05, 4.69) is 17.4 Å². The lowest BCUT2D eigenvalue weighted by atomic mass is 9.74. The highest BCUT2D eigenvalue weighted by Crippen LogP contribution is 2.47. The van der Waals surface area contributed by atoms with Crippen molar-refractivity contribution in [2.45, 2.75) is 62.3 Å². The van der Waals surface area contributed by atoms with Crippen molar-refractivity contribution in [1.82, 2.24) is 9.62 Å². The highest BCUT2D eigenvalue weighted by Gasteiger charge is 2.45. The predicted octanol–water partition coefficient (Wildman–Crippen LogP) is 6.10. The van der Waals surface area contributed by atoms with Crippen molar-refractivity contribution in [3.63, 3.8) is 0 Å². The monoisotopic (exact) mass is 534 g/mol. The molecule has 35 heavy (non-hydrogen) atoms. The van der Waals surface area contributed by atoms with Crippen molar-refractivity contribution in [1.29, 1.82) is 0 Å². The van der Waals surface area contributed by atoms with Crippen LogP contribution < -0.4 is 4.72 Å². The molecule has 2 aromatic carbocycles. The van der Waals surface area contributed by atoms with Crippen molar-refractivity contribution in [2.24, 2.45) is 5.92 Å². The molecular weight excluding hydrogens is 503 g/mol. The van der Waals surface area contributed by atoms with E-state index in [4.69, 9.17) is 23.2 Å². The lowest BCUT2D eigenvalue weighted by Gasteiger charge is -2.48. The highest BCUT2D eigenvalue weighted by atomic mass is 35.5. The van der Waals surface area contributed by atoms with Gasteiger partial charge in [-0.2, -0.15) is 0 Å². The largest absolute Gasteiger partial charge is 0.330 e. The van der Waals surface area contributed by atoms with E-state index in [0.717, 1.165) is 11.1 Å². The Morgan fingerprint density at radius 1 is 1.11 bits per heavy atom. The SMILES string of the molecule is C=CC[C@H]1C[C@H](c2cccc(Cl)c2)[C@@H](c2ccc(Cl)cc2)N([C@@H](CC)CNS(=O)(=O)C2CC2)C1=O. The third-order valence-electron chi connectivity index (χ3n) is 7.11. The zero-order valence-electron chi connectivity index (χ0n) is 19.9. The number of amides is 1. The molecule has 5 nitrogen and oxygen atoms in total. The summed E-state index contributed by atoms with van der Waals surface area (Å²) in [7, 11) is -3.37. The number of piperidine rings is 1. The summed E-state index contributed by atoms with van der Waals surface area (Å²) in [5, 5.41) is 0.956. The Labute approximate surface area is 218 Å². The van der Waals surface area contributed by atoms with E-state index in [1.807, 2.05) is 54.3 Å². The van der Waals surface area contributed by atoms with Crippen LogP contribution in [0.4, 0.5) is 0 Å². The zero-order chi connectivity index (χ0) is 25.2. The number of halogens is 2. The van der Waals surface area contributed by atoms with Gasteiger partial charge in [-0.15, -0.1) is 6.58 Å². The molecule has 0 bridgehead atoms. The van der Waals surface area contributed by atoms with E-state index in [9.17, 15) is 13.2 Å². The summed E-state index contributed by atoms with van der Waals surface area (Å²) in [6.45, 7) is 6.06. The summed E-state index contributed by atoms with van der Waals surface area (Å²) < 4.78 is 28.0. The van der Waals surface area contributed by atoms with Gasteiger partial charge < -0.3 is 4.90 Å². The predicted molar refractivity (Wildman–Crippen MR) is 142 cm³/mol. The van der Waals surface area contributed by atoms with Gasteiger partial charge in [-0.05, 0) is 67.5 Å². The van der Waals surface area contributed by atoms with Crippen LogP contribution in [0.1, 0.15) is 62.1 Å². The first-order valence-corrected chi connectivity index (χ1v) is 14.5. The first kappa shape index (κ1) is 26.2. The molecule has 8 heteroatoms. The Balaban J connectivity index is 1.78. The molecule has 0 unspecified atom stereocenters. The molecule has 0 radical (unpaired) electrons. The average Bonchev–Trinajstić information content (AvgIpc) is 3.68. The van der Waals surface area contributed by atoms with Crippen LogP contribution in [0.2, 0.25) is 10.0 Å². The molecule has 2 aliphatic rings. The first-order chi connectivity index (χ1) is 16.7. The molecule has 4 atom stereocenters. The maximum absolute atomic E-state index is 13.9. The van der Waals surface area contributed by atoms with Crippen molar-refractivity contribution < 1.29 is 13.2 Å². The number of sulfonamides is 1. The molecule has 2 fully saturated rings. The van der Waals surface area contributed by atoms with Crippen LogP contribution in [0.5, 0.6) is 0 Å². The number of hydrogen-bond acceptors (Lipinski definition) is 3. The van der Waals surface area contributed by atoms with Crippen LogP contribution in [-0.2, 0) is 14.8 Å². The van der Waals surface area contributed by atoms with Gasteiger partial charge in [0.05, 0.1) is 11.3 Å². The van der Waals surface area contributed by atoms with Crippen LogP contribution >= 0.6 is 23.2 Å². The molecule has 1 aliphatic carbocycles. The summed E-state index contributed by atoms with van der Waals surface area (Å²) in [6, 6.07) is 14.8. The van der Waals surface area contributed by atoms with E-state index < -0.39 is 10.0 Å². The second-order valence-electron chi connectivity index (χ2n) is 9.52. The van der Waals surface area contributed by atoms with Crippen LogP contribution in [0.25, 0.3) is 0 Å². The van der Waals surface area contributed by atoms with Gasteiger partial charge in [0.15, 0.2) is 0 Å². The molecule has 1 aliphatic heterocycles. The van der Waals surface area contributed by atoms with E-state index >= 15 is 0 Å². The zero-order valence-corrected chi connectivity index (χ0v) is 22.2. The van der Waals surface area contributed by atoms with E-state index in [1.165, 1.54) is 0 Å². The van der Waals surface area contributed by atoms with E-state index in [1.54, 1.807) is 6.08 Å². The van der Waals surface area contributed by atoms with Crippen LogP contribution in [0.3, 0.4) is 0 Å². The second kappa shape index (κ2) is 11.0. The summed E-state index contributed by atoms with van der Waals surface area (Å²) in [5.74, 6) is -0.235. The van der Waals surface area contributed by atoms with Gasteiger partial charge in [-0.1, -0.05) is 60.5 Å². The molecule has 4 rings (SSSR count). The molecule has 1 saturated heterocycles. The van der Waals surface area contributed by atoms with Crippen LogP contribution in [-0.4, -0.2) is 37.1 Å². The van der Waals surface area contributed by atoms with Gasteiger partial charge in [-0.25, -0.2) is 13.1 Å². The smallest absolute Gasteiger partial charge is 0.226 e. The number of benzene rings is 2. The van der Waals surface area contributed by atoms with Gasteiger partial charge in [0, 0.05) is 34.5 Å². The number of allylic oxidation sites excluding steroid dienone is 1. The maximum atomic E-state index is 13.9.